The normalized spacial score (nSPS) is 18.4. The van der Waals surface area contributed by atoms with Crippen LogP contribution in [0.4, 0.5) is 34.8 Å². The number of anilines is 5. The third-order valence-electron chi connectivity index (χ3n) is 18.2. The van der Waals surface area contributed by atoms with Crippen LogP contribution in [0.2, 0.25) is 5.02 Å². The number of aromatic nitrogens is 12. The zero-order valence-electron chi connectivity index (χ0n) is 58.0. The molecule has 12 rings (SSSR count). The molecule has 4 saturated carbocycles. The van der Waals surface area contributed by atoms with Crippen molar-refractivity contribution < 1.29 is 57.5 Å². The van der Waals surface area contributed by atoms with Crippen LogP contribution >= 0.6 is 23.4 Å². The van der Waals surface area contributed by atoms with E-state index in [-0.39, 0.29) is 159 Å². The van der Waals surface area contributed by atoms with Crippen LogP contribution in [-0.4, -0.2) is 190 Å². The second-order valence-corrected chi connectivity index (χ2v) is 27.9. The first-order chi connectivity index (χ1) is 49.8. The Labute approximate surface area is 604 Å². The lowest BCUT2D eigenvalue weighted by atomic mass is 9.49. The molecule has 1 unspecified atom stereocenters. The second-order valence-electron chi connectivity index (χ2n) is 26.3. The summed E-state index contributed by atoms with van der Waals surface area (Å²) in [5.41, 5.74) is 0.922. The molecular weight excluding hydrogens is 1390 g/mol. The number of aliphatic imine (C=N–C) groups is 1. The van der Waals surface area contributed by atoms with E-state index in [4.69, 9.17) is 21.3 Å². The van der Waals surface area contributed by atoms with E-state index in [0.717, 1.165) is 24.2 Å². The van der Waals surface area contributed by atoms with Gasteiger partial charge in [-0.15, -0.1) is 0 Å². The molecule has 4 aliphatic carbocycles. The van der Waals surface area contributed by atoms with Gasteiger partial charge in [0, 0.05) is 156 Å². The minimum absolute atomic E-state index is 0.00621. The van der Waals surface area contributed by atoms with Crippen molar-refractivity contribution in [2.24, 2.45) is 70.4 Å². The molecule has 5 fully saturated rings. The average molecular weight is 1470 g/mol. The van der Waals surface area contributed by atoms with Gasteiger partial charge in [-0.1, -0.05) is 23.4 Å². The van der Waals surface area contributed by atoms with Gasteiger partial charge in [0.1, 0.15) is 0 Å². The number of imidazole rings is 6. The van der Waals surface area contributed by atoms with Crippen LogP contribution in [-0.2, 0) is 71.0 Å². The Morgan fingerprint density at radius 2 is 0.913 bits per heavy atom. The number of ether oxygens (including phenoxy) is 1. The average Bonchev–Trinajstić information content (AvgIpc) is 0.956. The van der Waals surface area contributed by atoms with Gasteiger partial charge in [0.15, 0.2) is 40.1 Å². The number of thioether (sulfide) groups is 1. The number of halogens is 1. The first-order valence-corrected chi connectivity index (χ1v) is 35.0. The van der Waals surface area contributed by atoms with Crippen molar-refractivity contribution in [1.29, 1.82) is 0 Å². The van der Waals surface area contributed by atoms with Gasteiger partial charge in [0.25, 0.3) is 35.4 Å². The molecule has 1 aromatic carbocycles. The van der Waals surface area contributed by atoms with Crippen molar-refractivity contribution in [1.82, 2.24) is 88.8 Å². The zero-order chi connectivity index (χ0) is 73.9. The molecule has 1 atom stereocenters. The van der Waals surface area contributed by atoms with Crippen LogP contribution in [0, 0.1) is 23.2 Å². The molecule has 104 heavy (non-hydrogen) atoms. The van der Waals surface area contributed by atoms with E-state index < -0.39 is 52.5 Å². The van der Waals surface area contributed by atoms with Gasteiger partial charge in [-0.2, -0.15) is 0 Å². The maximum Gasteiger partial charge on any atom is 0.292 e. The molecule has 5 aliphatic rings. The van der Waals surface area contributed by atoms with Crippen LogP contribution in [0.5, 0.6) is 0 Å². The Kier molecular flexibility index (Phi) is 23.5. The van der Waals surface area contributed by atoms with Crippen molar-refractivity contribution in [2.45, 2.75) is 75.9 Å². The molecule has 0 spiro atoms. The number of aryl methyl sites for hydroxylation is 6. The number of hydrogen-bond acceptors (Lipinski definition) is 20. The first-order valence-electron chi connectivity index (χ1n) is 33.8. The molecule has 550 valence electrons. The summed E-state index contributed by atoms with van der Waals surface area (Å²) < 4.78 is 14.1. The summed E-state index contributed by atoms with van der Waals surface area (Å²) in [4.78, 5) is 176. The second kappa shape index (κ2) is 32.9. The molecular formula is C66H81ClN24O12S. The molecule has 0 radical (unpaired) electrons. The summed E-state index contributed by atoms with van der Waals surface area (Å²) in [6.45, 7) is 0.991. The van der Waals surface area contributed by atoms with Crippen molar-refractivity contribution in [2.75, 3.05) is 79.1 Å². The van der Waals surface area contributed by atoms with E-state index in [0.29, 0.717) is 22.4 Å². The number of amides is 11. The number of amidine groups is 1. The van der Waals surface area contributed by atoms with E-state index >= 15 is 0 Å². The summed E-state index contributed by atoms with van der Waals surface area (Å²) in [5, 5.41) is 26.8. The molecule has 7 aromatic rings. The van der Waals surface area contributed by atoms with Crippen LogP contribution in [0.3, 0.4) is 0 Å². The fourth-order valence-corrected chi connectivity index (χ4v) is 15.0. The smallest absolute Gasteiger partial charge is 0.292 e. The van der Waals surface area contributed by atoms with Crippen molar-refractivity contribution >= 4 is 128 Å². The zero-order valence-corrected chi connectivity index (χ0v) is 59.6. The number of nitrogens with zero attached hydrogens (tertiary/aromatic N) is 14. The lowest BCUT2D eigenvalue weighted by Gasteiger charge is -2.57. The standard InChI is InChI=1S/C66H81ClN24O12S/c1-85-22-18-69-52(85)62(100)82-45-34-86(2)54(79-45)60(98)71-16-12-49(93)75-43-33-90(6)57(78-43)64(102)84-47-36-88(4)55(81-47)61(99)72-17-13-50(94)76-44-32-89(5)56(77-44)63(101)83-46-35-87(3)53(80-46)59(97)70-15-11-48(92)68-19-23-103-24-20-73-58(96)42-28-51(95)91(65(104-42)74-41-9-7-40(67)8-10-41)21-14-66-29-37-25-38(30-66)27-39(26-37)31-66/h7-10,18,22,32-39,42H,11-17,19-21,23-31H2,1-6H3,(H,68,92)(H,70,97)(H,71,98)(H,72,99)(H,73,96)(H,75,93)(H,76,94)(H,82,100)(H,83,101)(H,84,102)/b74-65-. The highest BCUT2D eigenvalue weighted by molar-refractivity contribution is 8.15. The Balaban J connectivity index is 0.539. The van der Waals surface area contributed by atoms with Gasteiger partial charge < -0.3 is 85.3 Å². The molecule has 38 heteroatoms. The Morgan fingerprint density at radius 3 is 1.35 bits per heavy atom. The van der Waals surface area contributed by atoms with Crippen molar-refractivity contribution in [3.8, 4) is 0 Å². The van der Waals surface area contributed by atoms with Gasteiger partial charge in [-0.05, 0) is 92.4 Å². The van der Waals surface area contributed by atoms with Crippen LogP contribution < -0.4 is 53.2 Å². The molecule has 7 heterocycles. The lowest BCUT2D eigenvalue weighted by Crippen LogP contribution is -2.50. The first kappa shape index (κ1) is 74.1. The van der Waals surface area contributed by atoms with Gasteiger partial charge in [-0.25, -0.2) is 34.9 Å². The predicted molar refractivity (Wildman–Crippen MR) is 380 cm³/mol. The van der Waals surface area contributed by atoms with Gasteiger partial charge >= 0.3 is 0 Å². The van der Waals surface area contributed by atoms with E-state index in [1.54, 1.807) is 56.5 Å². The largest absolute Gasteiger partial charge is 0.378 e. The van der Waals surface area contributed by atoms with Crippen molar-refractivity contribution in [3.63, 3.8) is 0 Å². The predicted octanol–water partition coefficient (Wildman–Crippen LogP) is 3.01. The summed E-state index contributed by atoms with van der Waals surface area (Å²) in [6, 6.07) is 7.08. The number of benzene rings is 1. The van der Waals surface area contributed by atoms with E-state index in [9.17, 15) is 52.7 Å². The highest BCUT2D eigenvalue weighted by Crippen LogP contribution is 2.61. The number of nitrogens with one attached hydrogen (secondary N) is 10. The lowest BCUT2D eigenvalue weighted by molar-refractivity contribution is -0.131. The van der Waals surface area contributed by atoms with Gasteiger partial charge in [0.2, 0.25) is 58.7 Å². The summed E-state index contributed by atoms with van der Waals surface area (Å²) >= 11 is 7.45. The van der Waals surface area contributed by atoms with Crippen molar-refractivity contribution in [3.05, 3.63) is 108 Å². The molecule has 1 aliphatic heterocycles. The number of carbonyl (C=O) groups excluding carboxylic acids is 11. The third kappa shape index (κ3) is 18.8. The van der Waals surface area contributed by atoms with Crippen LogP contribution in [0.1, 0.15) is 134 Å². The monoisotopic (exact) mass is 1470 g/mol. The van der Waals surface area contributed by atoms with Gasteiger partial charge in [0.05, 0.1) is 24.2 Å². The number of hydrogen-bond donors (Lipinski definition) is 10. The quantitative estimate of drug-likeness (QED) is 0.0279. The maximum absolute atomic E-state index is 13.8. The molecule has 1 saturated heterocycles. The minimum atomic E-state index is -0.721. The van der Waals surface area contributed by atoms with Crippen LogP contribution in [0.25, 0.3) is 0 Å². The number of carbonyl (C=O) groups is 11. The Hall–Kier alpha value is -11.1. The fraction of sp³-hybridized carbons (Fsp3) is 0.455. The molecule has 36 nitrogen and oxygen atoms in total. The highest BCUT2D eigenvalue weighted by Gasteiger charge is 2.51. The number of rotatable bonds is 31. The van der Waals surface area contributed by atoms with E-state index in [1.165, 1.54) is 136 Å². The fourth-order valence-electron chi connectivity index (χ4n) is 13.8. The molecule has 10 N–H and O–H groups in total. The molecule has 11 amide bonds. The van der Waals surface area contributed by atoms with Crippen LogP contribution in [0.15, 0.2) is 72.6 Å². The summed E-state index contributed by atoms with van der Waals surface area (Å²) in [5.74, 6) is -3.35. The SMILES string of the molecule is Cn1cc(NC(=O)c2nccn2C)nc1C(=O)NCCC(=O)Nc1cn(C)c(C(=O)Nc2cn(C)c(C(=O)NCCC(=O)Nc3cn(C)c(C(=O)Nc4cn(C)c(C(=O)NCCC(=O)NCCOCCNC(=O)C5CC(=O)N(CCC67CC8CC(CC(C8)C6)C7)/C(=N/c6ccc(Cl)cc6)S5)n4)n3)n2)n1. The summed E-state index contributed by atoms with van der Waals surface area (Å²) in [7, 11) is 9.34. The maximum atomic E-state index is 13.8. The highest BCUT2D eigenvalue weighted by atomic mass is 35.5. The Bertz CT molecular complexity index is 4430. The topological polar surface area (TPSA) is 440 Å². The van der Waals surface area contributed by atoms with E-state index in [1.807, 2.05) is 0 Å². The Morgan fingerprint density at radius 1 is 0.510 bits per heavy atom. The minimum Gasteiger partial charge on any atom is -0.378 e. The third-order valence-corrected chi connectivity index (χ3v) is 19.7. The molecule has 6 aromatic heterocycles. The molecule has 4 bridgehead atoms. The van der Waals surface area contributed by atoms with Gasteiger partial charge in [-0.3, -0.25) is 57.6 Å². The summed E-state index contributed by atoms with van der Waals surface area (Å²) in [6.07, 6.45) is 18.4. The van der Waals surface area contributed by atoms with E-state index in [2.05, 4.69) is 83.1 Å².